The molecule has 0 bridgehead atoms. The zero-order valence-corrected chi connectivity index (χ0v) is 12.6. The Hall–Kier alpha value is -3.09. The number of benzene rings is 2. The first-order valence-corrected chi connectivity index (χ1v) is 7.28. The van der Waals surface area contributed by atoms with E-state index in [1.54, 1.807) is 0 Å². The highest BCUT2D eigenvalue weighted by molar-refractivity contribution is 5.92. The molecule has 1 heterocycles. The van der Waals surface area contributed by atoms with Gasteiger partial charge in [0.1, 0.15) is 17.3 Å². The highest BCUT2D eigenvalue weighted by atomic mass is 19.1. The third kappa shape index (κ3) is 3.62. The summed E-state index contributed by atoms with van der Waals surface area (Å²) in [7, 11) is 0. The molecule has 3 rings (SSSR count). The third-order valence-electron chi connectivity index (χ3n) is 3.47. The van der Waals surface area contributed by atoms with E-state index in [1.807, 2.05) is 30.3 Å². The minimum atomic E-state index is -0.576. The van der Waals surface area contributed by atoms with Gasteiger partial charge in [-0.15, -0.1) is 5.10 Å². The summed E-state index contributed by atoms with van der Waals surface area (Å²) >= 11 is 0. The molecule has 0 atom stereocenters. The van der Waals surface area contributed by atoms with Gasteiger partial charge in [0.15, 0.2) is 0 Å². The summed E-state index contributed by atoms with van der Waals surface area (Å²) in [5.41, 5.74) is 1.29. The summed E-state index contributed by atoms with van der Waals surface area (Å²) in [6, 6.07) is 12.6. The quantitative estimate of drug-likeness (QED) is 0.783. The van der Waals surface area contributed by atoms with Crippen LogP contribution in [0.4, 0.5) is 8.78 Å². The van der Waals surface area contributed by atoms with Crippen molar-refractivity contribution in [2.75, 3.05) is 0 Å². The van der Waals surface area contributed by atoms with Crippen LogP contribution in [0.1, 0.15) is 21.6 Å². The normalized spacial score (nSPS) is 10.6. The number of carbonyl (C=O) groups excluding carboxylic acids is 1. The van der Waals surface area contributed by atoms with Crippen LogP contribution in [0.5, 0.6) is 0 Å². The topological polar surface area (TPSA) is 59.8 Å². The molecule has 5 nitrogen and oxygen atoms in total. The predicted octanol–water partition coefficient (Wildman–Crippen LogP) is 2.53. The number of hydrogen-bond acceptors (Lipinski definition) is 3. The largest absolute Gasteiger partial charge is 0.346 e. The van der Waals surface area contributed by atoms with Gasteiger partial charge in [-0.2, -0.15) is 0 Å². The third-order valence-corrected chi connectivity index (χ3v) is 3.47. The van der Waals surface area contributed by atoms with Crippen molar-refractivity contribution in [2.24, 2.45) is 0 Å². The first-order valence-electron chi connectivity index (χ1n) is 7.28. The molecular formula is C17H14F2N4O. The highest BCUT2D eigenvalue weighted by Gasteiger charge is 2.14. The summed E-state index contributed by atoms with van der Waals surface area (Å²) in [5.74, 6) is -1.59. The van der Waals surface area contributed by atoms with E-state index in [9.17, 15) is 13.6 Å². The van der Waals surface area contributed by atoms with E-state index in [4.69, 9.17) is 0 Å². The van der Waals surface area contributed by atoms with Crippen molar-refractivity contribution in [3.05, 3.63) is 83.2 Å². The summed E-state index contributed by atoms with van der Waals surface area (Å²) in [6.45, 7) is 0.261. The van der Waals surface area contributed by atoms with Gasteiger partial charge in [-0.05, 0) is 23.8 Å². The van der Waals surface area contributed by atoms with E-state index >= 15 is 0 Å². The van der Waals surface area contributed by atoms with E-state index in [1.165, 1.54) is 10.9 Å². The SMILES string of the molecule is O=C(NCc1cc(F)ccc1F)c1cnnn1Cc1ccccc1. The minimum absolute atomic E-state index is 0.0745. The van der Waals surface area contributed by atoms with Crippen molar-refractivity contribution < 1.29 is 13.6 Å². The molecular weight excluding hydrogens is 314 g/mol. The summed E-state index contributed by atoms with van der Waals surface area (Å²) < 4.78 is 28.2. The molecule has 0 spiro atoms. The van der Waals surface area contributed by atoms with Crippen LogP contribution >= 0.6 is 0 Å². The van der Waals surface area contributed by atoms with Crippen LogP contribution in [0.3, 0.4) is 0 Å². The molecule has 1 N–H and O–H groups in total. The Kier molecular flexibility index (Phi) is 4.60. The molecule has 0 saturated carbocycles. The fourth-order valence-electron chi connectivity index (χ4n) is 2.25. The lowest BCUT2D eigenvalue weighted by molar-refractivity contribution is 0.0940. The zero-order valence-electron chi connectivity index (χ0n) is 12.6. The Morgan fingerprint density at radius 2 is 1.92 bits per heavy atom. The molecule has 24 heavy (non-hydrogen) atoms. The van der Waals surface area contributed by atoms with Gasteiger partial charge in [0.05, 0.1) is 12.7 Å². The summed E-state index contributed by atoms with van der Waals surface area (Å²) in [6.07, 6.45) is 1.33. The molecule has 0 radical (unpaired) electrons. The van der Waals surface area contributed by atoms with Crippen molar-refractivity contribution in [3.8, 4) is 0 Å². The van der Waals surface area contributed by atoms with Crippen LogP contribution < -0.4 is 5.32 Å². The number of rotatable bonds is 5. The lowest BCUT2D eigenvalue weighted by Crippen LogP contribution is -2.26. The highest BCUT2D eigenvalue weighted by Crippen LogP contribution is 2.10. The molecule has 0 unspecified atom stereocenters. The average molecular weight is 328 g/mol. The standard InChI is InChI=1S/C17H14F2N4O/c18-14-6-7-15(19)13(8-14)9-20-17(24)16-10-21-22-23(16)11-12-4-2-1-3-5-12/h1-8,10H,9,11H2,(H,20,24). The number of hydrogen-bond donors (Lipinski definition) is 1. The van der Waals surface area contributed by atoms with Gasteiger partial charge < -0.3 is 5.32 Å². The Morgan fingerprint density at radius 1 is 1.12 bits per heavy atom. The molecule has 122 valence electrons. The Morgan fingerprint density at radius 3 is 2.71 bits per heavy atom. The van der Waals surface area contributed by atoms with Gasteiger partial charge in [0, 0.05) is 12.1 Å². The van der Waals surface area contributed by atoms with Gasteiger partial charge in [0.2, 0.25) is 0 Å². The number of carbonyl (C=O) groups is 1. The molecule has 3 aromatic rings. The lowest BCUT2D eigenvalue weighted by atomic mass is 10.2. The molecule has 2 aromatic carbocycles. The van der Waals surface area contributed by atoms with Crippen LogP contribution in [-0.2, 0) is 13.1 Å². The van der Waals surface area contributed by atoms with Gasteiger partial charge >= 0.3 is 0 Å². The van der Waals surface area contributed by atoms with Crippen LogP contribution in [0.25, 0.3) is 0 Å². The molecule has 1 amide bonds. The first kappa shape index (κ1) is 15.8. The number of halogens is 2. The van der Waals surface area contributed by atoms with Gasteiger partial charge in [0.25, 0.3) is 5.91 Å². The van der Waals surface area contributed by atoms with Crippen LogP contribution in [0, 0.1) is 11.6 Å². The van der Waals surface area contributed by atoms with Gasteiger partial charge in [-0.1, -0.05) is 35.5 Å². The number of amides is 1. The predicted molar refractivity (Wildman–Crippen MR) is 83.1 cm³/mol. The Balaban J connectivity index is 1.70. The van der Waals surface area contributed by atoms with E-state index in [2.05, 4.69) is 15.6 Å². The number of aromatic nitrogens is 3. The van der Waals surface area contributed by atoms with Crippen molar-refractivity contribution in [3.63, 3.8) is 0 Å². The van der Waals surface area contributed by atoms with Crippen LogP contribution in [-0.4, -0.2) is 20.9 Å². The van der Waals surface area contributed by atoms with E-state index in [-0.39, 0.29) is 17.8 Å². The maximum atomic E-state index is 13.6. The van der Waals surface area contributed by atoms with Crippen molar-refractivity contribution in [2.45, 2.75) is 13.1 Å². The van der Waals surface area contributed by atoms with Gasteiger partial charge in [-0.25, -0.2) is 13.5 Å². The number of nitrogens with one attached hydrogen (secondary N) is 1. The smallest absolute Gasteiger partial charge is 0.271 e. The molecule has 0 fully saturated rings. The van der Waals surface area contributed by atoms with E-state index in [0.717, 1.165) is 23.8 Å². The van der Waals surface area contributed by atoms with E-state index < -0.39 is 17.5 Å². The maximum Gasteiger partial charge on any atom is 0.271 e. The first-order chi connectivity index (χ1) is 11.6. The fourth-order valence-corrected chi connectivity index (χ4v) is 2.25. The second kappa shape index (κ2) is 6.99. The zero-order chi connectivity index (χ0) is 16.9. The van der Waals surface area contributed by atoms with Crippen LogP contribution in [0.2, 0.25) is 0 Å². The summed E-state index contributed by atoms with van der Waals surface area (Å²) in [5, 5.41) is 10.2. The molecule has 0 aliphatic heterocycles. The van der Waals surface area contributed by atoms with Crippen molar-refractivity contribution in [1.29, 1.82) is 0 Å². The van der Waals surface area contributed by atoms with Crippen molar-refractivity contribution >= 4 is 5.91 Å². The Labute approximate surface area is 136 Å². The minimum Gasteiger partial charge on any atom is -0.346 e. The maximum absolute atomic E-state index is 13.6. The van der Waals surface area contributed by atoms with Crippen LogP contribution in [0.15, 0.2) is 54.7 Å². The monoisotopic (exact) mass is 328 g/mol. The second-order valence-corrected chi connectivity index (χ2v) is 5.18. The second-order valence-electron chi connectivity index (χ2n) is 5.18. The molecule has 7 heteroatoms. The van der Waals surface area contributed by atoms with Crippen molar-refractivity contribution in [1.82, 2.24) is 20.3 Å². The fraction of sp³-hybridized carbons (Fsp3) is 0.118. The summed E-state index contributed by atoms with van der Waals surface area (Å²) in [4.78, 5) is 12.3. The number of nitrogens with zero attached hydrogens (tertiary/aromatic N) is 3. The lowest BCUT2D eigenvalue weighted by Gasteiger charge is -2.08. The molecule has 1 aromatic heterocycles. The molecule has 0 saturated heterocycles. The Bertz CT molecular complexity index is 849. The molecule has 0 aliphatic rings. The van der Waals surface area contributed by atoms with E-state index in [0.29, 0.717) is 6.54 Å². The van der Waals surface area contributed by atoms with Gasteiger partial charge in [-0.3, -0.25) is 4.79 Å². The average Bonchev–Trinajstić information content (AvgIpc) is 3.04. The molecule has 0 aliphatic carbocycles.